The largest absolute Gasteiger partial charge is 0.462 e. The minimum atomic E-state index is -0.318. The summed E-state index contributed by atoms with van der Waals surface area (Å²) in [5.41, 5.74) is 5.25. The molecule has 0 radical (unpaired) electrons. The average Bonchev–Trinajstić information content (AvgIpc) is 2.04. The summed E-state index contributed by atoms with van der Waals surface area (Å²) in [6, 6.07) is 0.425. The lowest BCUT2D eigenvalue weighted by atomic mass is 10.1. The van der Waals surface area contributed by atoms with Crippen LogP contribution in [0.1, 0.15) is 33.6 Å². The third kappa shape index (κ3) is 9.48. The van der Waals surface area contributed by atoms with E-state index in [0.717, 1.165) is 13.1 Å². The Labute approximate surface area is 86.2 Å². The molecule has 0 bridgehead atoms. The highest BCUT2D eigenvalue weighted by molar-refractivity contribution is 5.37. The van der Waals surface area contributed by atoms with Gasteiger partial charge < -0.3 is 15.8 Å². The lowest BCUT2D eigenvalue weighted by Crippen LogP contribution is -2.39. The van der Waals surface area contributed by atoms with Crippen LogP contribution in [0.25, 0.3) is 0 Å². The maximum Gasteiger partial charge on any atom is 0.293 e. The molecule has 1 heterocycles. The first-order valence-corrected chi connectivity index (χ1v) is 5.03. The van der Waals surface area contributed by atoms with Gasteiger partial charge in [0, 0.05) is 12.6 Å². The summed E-state index contributed by atoms with van der Waals surface area (Å²) in [4.78, 5) is 9.60. The summed E-state index contributed by atoms with van der Waals surface area (Å²) < 4.78 is 4.55. The highest BCUT2D eigenvalue weighted by Crippen LogP contribution is 2.02. The van der Waals surface area contributed by atoms with Gasteiger partial charge in [-0.2, -0.15) is 0 Å². The van der Waals surface area contributed by atoms with Crippen molar-refractivity contribution >= 4 is 6.47 Å². The van der Waals surface area contributed by atoms with Gasteiger partial charge in [-0.05, 0) is 40.2 Å². The molecule has 0 aliphatic carbocycles. The Kier molecular flexibility index (Phi) is 6.49. The van der Waals surface area contributed by atoms with Crippen molar-refractivity contribution in [2.24, 2.45) is 5.73 Å². The van der Waals surface area contributed by atoms with Crippen LogP contribution >= 0.6 is 0 Å². The molecular formula is C10H22N2O2. The number of hydrogen-bond acceptors (Lipinski definition) is 4. The third-order valence-electron chi connectivity index (χ3n) is 1.74. The predicted octanol–water partition coefficient (Wildman–Crippen LogP) is 0.655. The number of rotatable bonds is 1. The first kappa shape index (κ1) is 13.4. The van der Waals surface area contributed by atoms with E-state index in [0.29, 0.717) is 12.5 Å². The fourth-order valence-electron chi connectivity index (χ4n) is 1.02. The molecule has 84 valence electrons. The van der Waals surface area contributed by atoms with Crippen molar-refractivity contribution < 1.29 is 9.53 Å². The van der Waals surface area contributed by atoms with E-state index < -0.39 is 0 Å². The SMILES string of the molecule is CC(C)(C)OC=O.N[C@@H]1CCCNC1. The van der Waals surface area contributed by atoms with E-state index >= 15 is 0 Å². The maximum atomic E-state index is 9.60. The molecule has 3 N–H and O–H groups in total. The zero-order valence-corrected chi connectivity index (χ0v) is 9.38. The molecule has 0 saturated carbocycles. The van der Waals surface area contributed by atoms with Crippen LogP contribution in [0, 0.1) is 0 Å². The quantitative estimate of drug-likeness (QED) is 0.613. The van der Waals surface area contributed by atoms with Crippen LogP contribution in [0.4, 0.5) is 0 Å². The van der Waals surface area contributed by atoms with Gasteiger partial charge in [0.05, 0.1) is 0 Å². The van der Waals surface area contributed by atoms with Gasteiger partial charge >= 0.3 is 0 Å². The summed E-state index contributed by atoms with van der Waals surface area (Å²) in [6.07, 6.45) is 2.45. The van der Waals surface area contributed by atoms with E-state index in [1.165, 1.54) is 12.8 Å². The van der Waals surface area contributed by atoms with E-state index in [-0.39, 0.29) is 5.60 Å². The van der Waals surface area contributed by atoms with Crippen LogP contribution in [0.5, 0.6) is 0 Å². The summed E-state index contributed by atoms with van der Waals surface area (Å²) in [6.45, 7) is 8.10. The van der Waals surface area contributed by atoms with Crippen LogP contribution in [0.15, 0.2) is 0 Å². The summed E-state index contributed by atoms with van der Waals surface area (Å²) >= 11 is 0. The molecule has 0 aromatic carbocycles. The van der Waals surface area contributed by atoms with E-state index in [4.69, 9.17) is 5.73 Å². The van der Waals surface area contributed by atoms with E-state index in [2.05, 4.69) is 10.1 Å². The van der Waals surface area contributed by atoms with Crippen molar-refractivity contribution in [1.82, 2.24) is 5.32 Å². The molecule has 1 aliphatic rings. The monoisotopic (exact) mass is 202 g/mol. The van der Waals surface area contributed by atoms with Crippen LogP contribution in [0.3, 0.4) is 0 Å². The number of ether oxygens (including phenoxy) is 1. The normalized spacial score (nSPS) is 21.9. The molecule has 0 aromatic rings. The summed E-state index contributed by atoms with van der Waals surface area (Å²) in [7, 11) is 0. The lowest BCUT2D eigenvalue weighted by Gasteiger charge is -2.17. The van der Waals surface area contributed by atoms with Crippen LogP contribution in [-0.2, 0) is 9.53 Å². The molecule has 1 rings (SSSR count). The first-order chi connectivity index (χ1) is 6.45. The Morgan fingerprint density at radius 1 is 1.50 bits per heavy atom. The number of piperidine rings is 1. The molecule has 0 amide bonds. The first-order valence-electron chi connectivity index (χ1n) is 5.03. The minimum Gasteiger partial charge on any atom is -0.462 e. The van der Waals surface area contributed by atoms with Crippen molar-refractivity contribution in [3.05, 3.63) is 0 Å². The van der Waals surface area contributed by atoms with Crippen molar-refractivity contribution in [3.63, 3.8) is 0 Å². The Morgan fingerprint density at radius 3 is 2.29 bits per heavy atom. The van der Waals surface area contributed by atoms with Crippen LogP contribution < -0.4 is 11.1 Å². The van der Waals surface area contributed by atoms with Gasteiger partial charge in [-0.1, -0.05) is 0 Å². The maximum absolute atomic E-state index is 9.60. The fourth-order valence-corrected chi connectivity index (χ4v) is 1.02. The van der Waals surface area contributed by atoms with Gasteiger partial charge in [-0.3, -0.25) is 4.79 Å². The zero-order valence-electron chi connectivity index (χ0n) is 9.38. The number of hydrogen-bond donors (Lipinski definition) is 2. The van der Waals surface area contributed by atoms with Gasteiger partial charge in [-0.15, -0.1) is 0 Å². The molecule has 0 aromatic heterocycles. The van der Waals surface area contributed by atoms with Gasteiger partial charge in [0.15, 0.2) is 0 Å². The van der Waals surface area contributed by atoms with E-state index in [1.807, 2.05) is 20.8 Å². The van der Waals surface area contributed by atoms with Gasteiger partial charge in [0.1, 0.15) is 5.60 Å². The third-order valence-corrected chi connectivity index (χ3v) is 1.74. The molecule has 14 heavy (non-hydrogen) atoms. The Bertz CT molecular complexity index is 149. The molecule has 4 nitrogen and oxygen atoms in total. The average molecular weight is 202 g/mol. The van der Waals surface area contributed by atoms with Gasteiger partial charge in [0.25, 0.3) is 6.47 Å². The second-order valence-corrected chi connectivity index (χ2v) is 4.43. The fraction of sp³-hybridized carbons (Fsp3) is 0.900. The van der Waals surface area contributed by atoms with Crippen molar-refractivity contribution in [2.75, 3.05) is 13.1 Å². The molecule has 1 saturated heterocycles. The number of carbonyl (C=O) groups is 1. The summed E-state index contributed by atoms with van der Waals surface area (Å²) in [5.74, 6) is 0. The molecule has 0 unspecified atom stereocenters. The van der Waals surface area contributed by atoms with Crippen molar-refractivity contribution in [3.8, 4) is 0 Å². The molecule has 1 atom stereocenters. The van der Waals surface area contributed by atoms with E-state index in [9.17, 15) is 4.79 Å². The Morgan fingerprint density at radius 2 is 2.14 bits per heavy atom. The molecular weight excluding hydrogens is 180 g/mol. The predicted molar refractivity (Wildman–Crippen MR) is 57.0 cm³/mol. The van der Waals surface area contributed by atoms with Crippen LogP contribution in [-0.4, -0.2) is 31.2 Å². The summed E-state index contributed by atoms with van der Waals surface area (Å²) in [5, 5.41) is 3.21. The molecule has 1 fully saturated rings. The number of carbonyl (C=O) groups excluding carboxylic acids is 1. The number of nitrogens with one attached hydrogen (secondary N) is 1. The van der Waals surface area contributed by atoms with E-state index in [1.54, 1.807) is 0 Å². The van der Waals surface area contributed by atoms with Gasteiger partial charge in [0.2, 0.25) is 0 Å². The zero-order chi connectivity index (χ0) is 11.0. The van der Waals surface area contributed by atoms with Crippen molar-refractivity contribution in [2.45, 2.75) is 45.3 Å². The van der Waals surface area contributed by atoms with Crippen LogP contribution in [0.2, 0.25) is 0 Å². The lowest BCUT2D eigenvalue weighted by molar-refractivity contribution is -0.138. The van der Waals surface area contributed by atoms with Crippen molar-refractivity contribution in [1.29, 1.82) is 0 Å². The molecule has 0 spiro atoms. The topological polar surface area (TPSA) is 64.3 Å². The number of nitrogens with two attached hydrogens (primary N) is 1. The second kappa shape index (κ2) is 6.79. The molecule has 4 heteroatoms. The highest BCUT2D eigenvalue weighted by Gasteiger charge is 2.07. The Hall–Kier alpha value is -0.610. The van der Waals surface area contributed by atoms with Gasteiger partial charge in [-0.25, -0.2) is 0 Å². The standard InChI is InChI=1S/C5H12N2.C5H10O2/c6-5-2-1-3-7-4-5;1-5(2,3)7-4-6/h5,7H,1-4,6H2;4H,1-3H3/t5-;/m1./s1. The smallest absolute Gasteiger partial charge is 0.293 e. The minimum absolute atomic E-state index is 0.318. The Balaban J connectivity index is 0.000000241. The highest BCUT2D eigenvalue weighted by atomic mass is 16.5. The molecule has 1 aliphatic heterocycles. The second-order valence-electron chi connectivity index (χ2n) is 4.43.